The molecule has 3 fully saturated rings. The van der Waals surface area contributed by atoms with Crippen molar-refractivity contribution in [1.82, 2.24) is 10.2 Å². The number of hydrogen-bond acceptors (Lipinski definition) is 2. The van der Waals surface area contributed by atoms with Gasteiger partial charge >= 0.3 is 0 Å². The van der Waals surface area contributed by atoms with Crippen LogP contribution in [0.1, 0.15) is 57.9 Å². The quantitative estimate of drug-likeness (QED) is 0.756. The first-order chi connectivity index (χ1) is 15.2. The summed E-state index contributed by atoms with van der Waals surface area (Å²) in [6, 6.07) is 6.99. The van der Waals surface area contributed by atoms with Gasteiger partial charge in [-0.2, -0.15) is 0 Å². The van der Waals surface area contributed by atoms with E-state index >= 15 is 0 Å². The molecule has 0 spiro atoms. The van der Waals surface area contributed by atoms with Gasteiger partial charge in [0.2, 0.25) is 11.8 Å². The Morgan fingerprint density at radius 2 is 1.91 bits per heavy atom. The lowest BCUT2D eigenvalue weighted by molar-refractivity contribution is -0.138. The highest BCUT2D eigenvalue weighted by molar-refractivity contribution is 5.89. The minimum atomic E-state index is -0.312. The molecule has 1 heterocycles. The van der Waals surface area contributed by atoms with E-state index in [2.05, 4.69) is 25.2 Å². The lowest BCUT2D eigenvalue weighted by atomic mass is 9.48. The van der Waals surface area contributed by atoms with Crippen molar-refractivity contribution >= 4 is 11.8 Å². The molecular weight excluding hydrogens is 403 g/mol. The van der Waals surface area contributed by atoms with Crippen molar-refractivity contribution < 1.29 is 14.0 Å². The van der Waals surface area contributed by atoms with Crippen LogP contribution in [0.2, 0.25) is 0 Å². The smallest absolute Gasteiger partial charge is 0.246 e. The number of halogens is 1. The maximum absolute atomic E-state index is 14.0. The molecule has 0 bridgehead atoms. The minimum Gasteiger partial charge on any atom is -0.353 e. The predicted octanol–water partition coefficient (Wildman–Crippen LogP) is 4.49. The maximum Gasteiger partial charge on any atom is 0.246 e. The van der Waals surface area contributed by atoms with Crippen molar-refractivity contribution in [2.75, 3.05) is 7.05 Å². The number of carbonyl (C=O) groups is 2. The van der Waals surface area contributed by atoms with Crippen LogP contribution in [0.3, 0.4) is 0 Å². The number of carbonyl (C=O) groups excluding carboxylic acids is 2. The summed E-state index contributed by atoms with van der Waals surface area (Å²) in [5.41, 5.74) is 0.594. The first-order valence-electron chi connectivity index (χ1n) is 12.2. The first-order valence-corrected chi connectivity index (χ1v) is 12.2. The molecule has 5 rings (SSSR count). The van der Waals surface area contributed by atoms with E-state index < -0.39 is 0 Å². The lowest BCUT2D eigenvalue weighted by Gasteiger charge is -2.60. The molecule has 3 aliphatic carbocycles. The van der Waals surface area contributed by atoms with Crippen molar-refractivity contribution in [3.63, 3.8) is 0 Å². The molecule has 4 aliphatic rings. The summed E-state index contributed by atoms with van der Waals surface area (Å²) >= 11 is 0. The molecule has 3 saturated carbocycles. The molecule has 0 aromatic heterocycles. The fraction of sp³-hybridized carbons (Fsp3) is 0.630. The van der Waals surface area contributed by atoms with Crippen LogP contribution in [0.4, 0.5) is 4.39 Å². The fourth-order valence-corrected chi connectivity index (χ4v) is 8.04. The van der Waals surface area contributed by atoms with E-state index in [0.717, 1.165) is 38.5 Å². The van der Waals surface area contributed by atoms with Crippen LogP contribution < -0.4 is 5.32 Å². The molecule has 32 heavy (non-hydrogen) atoms. The van der Waals surface area contributed by atoms with Crippen LogP contribution in [0.15, 0.2) is 36.4 Å². The summed E-state index contributed by atoms with van der Waals surface area (Å²) in [4.78, 5) is 27.0. The molecule has 0 radical (unpaired) electrons. The number of rotatable bonds is 3. The minimum absolute atomic E-state index is 0.0408. The summed E-state index contributed by atoms with van der Waals surface area (Å²) in [5.74, 6) is 1.55. The monoisotopic (exact) mass is 438 g/mol. The van der Waals surface area contributed by atoms with Crippen LogP contribution in [-0.2, 0) is 16.0 Å². The lowest BCUT2D eigenvalue weighted by Crippen LogP contribution is -2.60. The molecule has 1 N–H and O–H groups in total. The van der Waals surface area contributed by atoms with Crippen LogP contribution in [0.5, 0.6) is 0 Å². The zero-order chi connectivity index (χ0) is 22.7. The van der Waals surface area contributed by atoms with Gasteiger partial charge in [0, 0.05) is 24.5 Å². The van der Waals surface area contributed by atoms with Crippen molar-refractivity contribution in [3.05, 3.63) is 47.8 Å². The Kier molecular flexibility index (Phi) is 5.22. The number of hydrogen-bond donors (Lipinski definition) is 1. The van der Waals surface area contributed by atoms with E-state index in [0.29, 0.717) is 29.4 Å². The van der Waals surface area contributed by atoms with Gasteiger partial charge in [0.25, 0.3) is 0 Å². The van der Waals surface area contributed by atoms with Gasteiger partial charge in [-0.3, -0.25) is 9.59 Å². The second-order valence-corrected chi connectivity index (χ2v) is 11.1. The second-order valence-electron chi connectivity index (χ2n) is 11.1. The van der Waals surface area contributed by atoms with Crippen molar-refractivity contribution in [3.8, 4) is 0 Å². The van der Waals surface area contributed by atoms with Gasteiger partial charge in [0.1, 0.15) is 5.82 Å². The van der Waals surface area contributed by atoms with Crippen LogP contribution >= 0.6 is 0 Å². The van der Waals surface area contributed by atoms with Crippen LogP contribution in [0, 0.1) is 34.4 Å². The van der Waals surface area contributed by atoms with E-state index in [9.17, 15) is 14.0 Å². The SMILES string of the molecule is CN1C(=O)C=C[C@@]2(C)C1CC[C@@H]1[C@H]2CC[C@]2(C)C(NC(=O)Cc3ccccc3F)CC[C@@H]12. The number of fused-ring (bicyclic) bond motifs is 5. The average molecular weight is 439 g/mol. The molecule has 2 unspecified atom stereocenters. The first kappa shape index (κ1) is 21.7. The van der Waals surface area contributed by atoms with E-state index in [4.69, 9.17) is 0 Å². The molecule has 1 aromatic carbocycles. The third-order valence-electron chi connectivity index (χ3n) is 9.77. The van der Waals surface area contributed by atoms with Gasteiger partial charge in [-0.05, 0) is 79.4 Å². The molecule has 0 saturated heterocycles. The standard InChI is InChI=1S/C27H35FN2O2/c1-26-14-12-20-18(8-11-23-27(20,2)15-13-25(32)30(23)3)19(26)9-10-22(26)29-24(31)16-17-6-4-5-7-21(17)28/h4-7,13,15,18-20,22-23H,8-12,14,16H2,1-3H3,(H,29,31)/t18-,19-,20+,22?,23?,26-,27+/m0/s1. The van der Waals surface area contributed by atoms with Gasteiger partial charge < -0.3 is 10.2 Å². The van der Waals surface area contributed by atoms with Crippen molar-refractivity contribution in [1.29, 1.82) is 0 Å². The Morgan fingerprint density at radius 1 is 1.12 bits per heavy atom. The van der Waals surface area contributed by atoms with E-state index in [1.165, 1.54) is 6.07 Å². The summed E-state index contributed by atoms with van der Waals surface area (Å²) in [6.07, 6.45) is 10.7. The van der Waals surface area contributed by atoms with Gasteiger partial charge in [-0.15, -0.1) is 0 Å². The summed E-state index contributed by atoms with van der Waals surface area (Å²) in [5, 5.41) is 3.30. The summed E-state index contributed by atoms with van der Waals surface area (Å²) < 4.78 is 14.0. The Morgan fingerprint density at radius 3 is 2.69 bits per heavy atom. The van der Waals surface area contributed by atoms with Gasteiger partial charge in [-0.1, -0.05) is 38.1 Å². The number of nitrogens with zero attached hydrogens (tertiary/aromatic N) is 1. The maximum atomic E-state index is 14.0. The molecule has 7 atom stereocenters. The fourth-order valence-electron chi connectivity index (χ4n) is 8.04. The van der Waals surface area contributed by atoms with Crippen molar-refractivity contribution in [2.45, 2.75) is 70.9 Å². The Labute approximate surface area is 190 Å². The number of likely N-dealkylation sites (N-methyl/N-ethyl adjacent to an activating group) is 1. The van der Waals surface area contributed by atoms with Gasteiger partial charge in [-0.25, -0.2) is 4.39 Å². The molecule has 1 aromatic rings. The number of nitrogens with one attached hydrogen (secondary N) is 1. The Hall–Kier alpha value is -2.17. The van der Waals surface area contributed by atoms with E-state index in [-0.39, 0.29) is 40.9 Å². The summed E-state index contributed by atoms with van der Waals surface area (Å²) in [7, 11) is 1.96. The van der Waals surface area contributed by atoms with Crippen LogP contribution in [-0.4, -0.2) is 35.8 Å². The molecule has 2 amide bonds. The largest absolute Gasteiger partial charge is 0.353 e. The highest BCUT2D eigenvalue weighted by atomic mass is 19.1. The summed E-state index contributed by atoms with van der Waals surface area (Å²) in [6.45, 7) is 4.73. The number of amides is 2. The van der Waals surface area contributed by atoms with Gasteiger partial charge in [0.15, 0.2) is 0 Å². The Bertz CT molecular complexity index is 961. The third kappa shape index (κ3) is 3.22. The number of benzene rings is 1. The predicted molar refractivity (Wildman–Crippen MR) is 122 cm³/mol. The normalized spacial score (nSPS) is 40.4. The van der Waals surface area contributed by atoms with Crippen molar-refractivity contribution in [2.24, 2.45) is 28.6 Å². The third-order valence-corrected chi connectivity index (χ3v) is 9.77. The molecule has 4 nitrogen and oxygen atoms in total. The Balaban J connectivity index is 1.32. The zero-order valence-electron chi connectivity index (χ0n) is 19.4. The zero-order valence-corrected chi connectivity index (χ0v) is 19.4. The molecule has 1 aliphatic heterocycles. The van der Waals surface area contributed by atoms with Gasteiger partial charge in [0.05, 0.1) is 6.42 Å². The topological polar surface area (TPSA) is 49.4 Å². The van der Waals surface area contributed by atoms with E-state index in [1.54, 1.807) is 24.3 Å². The van der Waals surface area contributed by atoms with E-state index in [1.807, 2.05) is 11.9 Å². The highest BCUT2D eigenvalue weighted by Gasteiger charge is 2.60. The molecule has 5 heteroatoms. The second kappa shape index (κ2) is 7.71. The van der Waals surface area contributed by atoms with Crippen LogP contribution in [0.25, 0.3) is 0 Å². The highest BCUT2D eigenvalue weighted by Crippen LogP contribution is 2.63. The average Bonchev–Trinajstić information content (AvgIpc) is 3.09. The molecule has 172 valence electrons. The molecular formula is C27H35FN2O2.